The predicted molar refractivity (Wildman–Crippen MR) is 75.8 cm³/mol. The summed E-state index contributed by atoms with van der Waals surface area (Å²) in [7, 11) is 1.74. The molecule has 1 fully saturated rings. The van der Waals surface area contributed by atoms with E-state index in [1.54, 1.807) is 11.6 Å². The Hall–Kier alpha value is -1.63. The molecule has 1 aromatic heterocycles. The Labute approximate surface area is 118 Å². The first-order chi connectivity index (χ1) is 9.68. The average Bonchev–Trinajstić information content (AvgIpc) is 2.81. The summed E-state index contributed by atoms with van der Waals surface area (Å²) < 4.78 is 7.44. The number of nitrogens with zero attached hydrogens (tertiary/aromatic N) is 3. The topological polar surface area (TPSA) is 82.2 Å². The van der Waals surface area contributed by atoms with Gasteiger partial charge >= 0.3 is 5.82 Å². The Balaban J connectivity index is 1.68. The molecule has 7 nitrogen and oxygen atoms in total. The third kappa shape index (κ3) is 3.93. The van der Waals surface area contributed by atoms with Gasteiger partial charge in [0.25, 0.3) is 0 Å². The molecular weight excluding hydrogens is 260 g/mol. The highest BCUT2D eigenvalue weighted by Crippen LogP contribution is 2.21. The van der Waals surface area contributed by atoms with Crippen molar-refractivity contribution in [1.29, 1.82) is 0 Å². The first-order valence-corrected chi connectivity index (χ1v) is 7.19. The molecule has 0 atom stereocenters. The molecule has 0 radical (unpaired) electrons. The molecule has 2 rings (SSSR count). The Morgan fingerprint density at radius 2 is 2.25 bits per heavy atom. The van der Waals surface area contributed by atoms with Gasteiger partial charge in [0.1, 0.15) is 0 Å². The molecule has 0 spiro atoms. The summed E-state index contributed by atoms with van der Waals surface area (Å²) >= 11 is 0. The van der Waals surface area contributed by atoms with Crippen molar-refractivity contribution < 1.29 is 9.66 Å². The lowest BCUT2D eigenvalue weighted by molar-refractivity contribution is -0.388. The van der Waals surface area contributed by atoms with Crippen LogP contribution in [0.15, 0.2) is 6.33 Å². The number of aryl methyl sites for hydroxylation is 1. The Kier molecular flexibility index (Phi) is 5.34. The summed E-state index contributed by atoms with van der Waals surface area (Å²) in [4.78, 5) is 14.1. The molecule has 112 valence electrons. The predicted octanol–water partition coefficient (Wildman–Crippen LogP) is 2.48. The summed E-state index contributed by atoms with van der Waals surface area (Å²) in [5, 5.41) is 13.9. The standard InChI is InChI=1S/C13H22N4O3/c1-16-10-15-13(17(18)19)12(16)14-8-5-9-20-11-6-3-2-4-7-11/h10-11,14H,2-9H2,1H3. The van der Waals surface area contributed by atoms with Gasteiger partial charge in [0, 0.05) is 20.2 Å². The first kappa shape index (κ1) is 14.8. The van der Waals surface area contributed by atoms with Crippen molar-refractivity contribution in [3.8, 4) is 0 Å². The molecular formula is C13H22N4O3. The molecule has 1 aromatic rings. The lowest BCUT2D eigenvalue weighted by Gasteiger charge is -2.21. The molecule has 0 bridgehead atoms. The molecule has 7 heteroatoms. The van der Waals surface area contributed by atoms with Gasteiger partial charge in [0.2, 0.25) is 12.1 Å². The van der Waals surface area contributed by atoms with E-state index in [2.05, 4.69) is 10.3 Å². The van der Waals surface area contributed by atoms with Crippen molar-refractivity contribution in [2.75, 3.05) is 18.5 Å². The second-order valence-corrected chi connectivity index (χ2v) is 5.20. The molecule has 1 N–H and O–H groups in total. The maximum absolute atomic E-state index is 10.8. The molecule has 0 unspecified atom stereocenters. The highest BCUT2D eigenvalue weighted by atomic mass is 16.6. The van der Waals surface area contributed by atoms with Crippen LogP contribution in [0, 0.1) is 10.1 Å². The molecule has 1 aliphatic rings. The SMILES string of the molecule is Cn1cnc([N+](=O)[O-])c1NCCCOC1CCCCC1. The zero-order chi connectivity index (χ0) is 14.4. The van der Waals surface area contributed by atoms with E-state index in [-0.39, 0.29) is 5.82 Å². The largest absolute Gasteiger partial charge is 0.406 e. The minimum Gasteiger partial charge on any atom is -0.378 e. The fraction of sp³-hybridized carbons (Fsp3) is 0.769. The third-order valence-corrected chi connectivity index (χ3v) is 3.61. The van der Waals surface area contributed by atoms with E-state index in [0.29, 0.717) is 25.1 Å². The van der Waals surface area contributed by atoms with Crippen molar-refractivity contribution in [3.63, 3.8) is 0 Å². The third-order valence-electron chi connectivity index (χ3n) is 3.61. The first-order valence-electron chi connectivity index (χ1n) is 7.19. The number of rotatable bonds is 7. The normalized spacial score (nSPS) is 16.2. The average molecular weight is 282 g/mol. The molecule has 0 saturated heterocycles. The lowest BCUT2D eigenvalue weighted by atomic mass is 9.98. The number of imidazole rings is 1. The summed E-state index contributed by atoms with van der Waals surface area (Å²) in [6, 6.07) is 0. The molecule has 0 amide bonds. The monoisotopic (exact) mass is 282 g/mol. The van der Waals surface area contributed by atoms with Crippen LogP contribution in [0.2, 0.25) is 0 Å². The summed E-state index contributed by atoms with van der Waals surface area (Å²) in [6.07, 6.45) is 8.88. The summed E-state index contributed by atoms with van der Waals surface area (Å²) in [5.41, 5.74) is 0. The van der Waals surface area contributed by atoms with Crippen LogP contribution in [-0.4, -0.2) is 33.7 Å². The molecule has 1 aliphatic carbocycles. The number of aromatic nitrogens is 2. The van der Waals surface area contributed by atoms with Gasteiger partial charge in [-0.05, 0) is 29.2 Å². The van der Waals surface area contributed by atoms with E-state index in [4.69, 9.17) is 4.74 Å². The van der Waals surface area contributed by atoms with E-state index in [0.717, 1.165) is 6.42 Å². The maximum Gasteiger partial charge on any atom is 0.406 e. The Morgan fingerprint density at radius 1 is 1.50 bits per heavy atom. The van der Waals surface area contributed by atoms with Crippen LogP contribution in [0.25, 0.3) is 0 Å². The summed E-state index contributed by atoms with van der Waals surface area (Å²) in [6.45, 7) is 1.34. The van der Waals surface area contributed by atoms with E-state index in [1.807, 2.05) is 0 Å². The van der Waals surface area contributed by atoms with Crippen LogP contribution in [-0.2, 0) is 11.8 Å². The van der Waals surface area contributed by atoms with Gasteiger partial charge in [-0.25, -0.2) is 0 Å². The number of anilines is 1. The van der Waals surface area contributed by atoms with Crippen molar-refractivity contribution in [2.45, 2.75) is 44.6 Å². The van der Waals surface area contributed by atoms with E-state index < -0.39 is 4.92 Å². The van der Waals surface area contributed by atoms with Gasteiger partial charge < -0.3 is 20.2 Å². The minimum absolute atomic E-state index is 0.124. The van der Waals surface area contributed by atoms with Gasteiger partial charge in [0.05, 0.1) is 6.10 Å². The number of hydrogen-bond acceptors (Lipinski definition) is 5. The van der Waals surface area contributed by atoms with Crippen LogP contribution in [0.5, 0.6) is 0 Å². The maximum atomic E-state index is 10.8. The van der Waals surface area contributed by atoms with Gasteiger partial charge in [-0.3, -0.25) is 4.57 Å². The summed E-state index contributed by atoms with van der Waals surface area (Å²) in [5.74, 6) is 0.327. The van der Waals surface area contributed by atoms with Gasteiger partial charge in [-0.2, -0.15) is 0 Å². The second-order valence-electron chi connectivity index (χ2n) is 5.20. The quantitative estimate of drug-likeness (QED) is 0.472. The molecule has 1 heterocycles. The van der Waals surface area contributed by atoms with Crippen molar-refractivity contribution in [2.24, 2.45) is 7.05 Å². The van der Waals surface area contributed by atoms with E-state index in [1.165, 1.54) is 38.4 Å². The molecule has 0 aliphatic heterocycles. The Bertz CT molecular complexity index is 441. The smallest absolute Gasteiger partial charge is 0.378 e. The van der Waals surface area contributed by atoms with E-state index in [9.17, 15) is 10.1 Å². The number of nitrogens with one attached hydrogen (secondary N) is 1. The van der Waals surface area contributed by atoms with Crippen LogP contribution in [0.1, 0.15) is 38.5 Å². The fourth-order valence-electron chi connectivity index (χ4n) is 2.52. The fourth-order valence-corrected chi connectivity index (χ4v) is 2.52. The van der Waals surface area contributed by atoms with Crippen LogP contribution in [0.4, 0.5) is 11.6 Å². The van der Waals surface area contributed by atoms with Gasteiger partial charge in [-0.1, -0.05) is 19.3 Å². The highest BCUT2D eigenvalue weighted by molar-refractivity contribution is 5.51. The van der Waals surface area contributed by atoms with E-state index >= 15 is 0 Å². The molecule has 0 aromatic carbocycles. The second kappa shape index (κ2) is 7.23. The minimum atomic E-state index is -0.471. The zero-order valence-electron chi connectivity index (χ0n) is 11.9. The van der Waals surface area contributed by atoms with Gasteiger partial charge in [-0.15, -0.1) is 0 Å². The van der Waals surface area contributed by atoms with Crippen molar-refractivity contribution in [1.82, 2.24) is 9.55 Å². The van der Waals surface area contributed by atoms with Crippen LogP contribution >= 0.6 is 0 Å². The van der Waals surface area contributed by atoms with Crippen molar-refractivity contribution in [3.05, 3.63) is 16.4 Å². The van der Waals surface area contributed by atoms with Crippen LogP contribution < -0.4 is 5.32 Å². The number of nitro groups is 1. The lowest BCUT2D eigenvalue weighted by Crippen LogP contribution is -2.18. The highest BCUT2D eigenvalue weighted by Gasteiger charge is 2.19. The molecule has 1 saturated carbocycles. The number of hydrogen-bond donors (Lipinski definition) is 1. The number of ether oxygens (including phenoxy) is 1. The Morgan fingerprint density at radius 3 is 2.95 bits per heavy atom. The van der Waals surface area contributed by atoms with Gasteiger partial charge in [0.15, 0.2) is 0 Å². The van der Waals surface area contributed by atoms with Crippen molar-refractivity contribution >= 4 is 11.6 Å². The zero-order valence-corrected chi connectivity index (χ0v) is 11.9. The van der Waals surface area contributed by atoms with Crippen LogP contribution in [0.3, 0.4) is 0 Å². The molecule has 20 heavy (non-hydrogen) atoms.